The van der Waals surface area contributed by atoms with Crippen LogP contribution in [0.3, 0.4) is 0 Å². The van der Waals surface area contributed by atoms with E-state index < -0.39 is 5.82 Å². The van der Waals surface area contributed by atoms with Crippen molar-refractivity contribution in [2.75, 3.05) is 58.7 Å². The molecule has 3 aromatic rings. The zero-order valence-electron chi connectivity index (χ0n) is 21.5. The molecule has 2 fully saturated rings. The summed E-state index contributed by atoms with van der Waals surface area (Å²) in [7, 11) is 4.18. The van der Waals surface area contributed by atoms with Crippen molar-refractivity contribution >= 4 is 29.9 Å². The standard InChI is InChI=1S/C26H33FN8O.ClH/c1-17-29-22(18-8-10-33(2)11-9-18)24(30-17)23-21(27)16-28-26(32-23)31-20-6-4-19(5-7-20)25(36)35-14-12-34(3)13-15-35;/h4-7,16,18H,8-15H2,1-3H3,(H,29,30)(H,28,31,32);1H. The van der Waals surface area contributed by atoms with Gasteiger partial charge in [0.2, 0.25) is 5.95 Å². The summed E-state index contributed by atoms with van der Waals surface area (Å²) in [5.74, 6) is 0.833. The first-order valence-corrected chi connectivity index (χ1v) is 12.5. The van der Waals surface area contributed by atoms with E-state index in [0.717, 1.165) is 69.3 Å². The molecule has 2 aromatic heterocycles. The van der Waals surface area contributed by atoms with Gasteiger partial charge in [-0.05, 0) is 71.2 Å². The molecule has 5 rings (SSSR count). The Kier molecular flexibility index (Phi) is 8.41. The number of amides is 1. The Morgan fingerprint density at radius 2 is 1.62 bits per heavy atom. The Morgan fingerprint density at radius 3 is 2.30 bits per heavy atom. The van der Waals surface area contributed by atoms with Gasteiger partial charge in [0, 0.05) is 49.0 Å². The first-order chi connectivity index (χ1) is 17.4. The molecule has 2 aliphatic heterocycles. The maximum absolute atomic E-state index is 14.9. The van der Waals surface area contributed by atoms with Crippen molar-refractivity contribution in [1.82, 2.24) is 34.6 Å². The summed E-state index contributed by atoms with van der Waals surface area (Å²) < 4.78 is 14.9. The molecule has 0 unspecified atom stereocenters. The van der Waals surface area contributed by atoms with Gasteiger partial charge in [0.25, 0.3) is 5.91 Å². The summed E-state index contributed by atoms with van der Waals surface area (Å²) in [6, 6.07) is 7.22. The number of aromatic amines is 1. The molecule has 0 aliphatic carbocycles. The highest BCUT2D eigenvalue weighted by molar-refractivity contribution is 5.94. The minimum absolute atomic E-state index is 0. The average molecular weight is 529 g/mol. The highest BCUT2D eigenvalue weighted by Gasteiger charge is 2.26. The van der Waals surface area contributed by atoms with Crippen LogP contribution in [-0.2, 0) is 0 Å². The number of likely N-dealkylation sites (tertiary alicyclic amines) is 1. The van der Waals surface area contributed by atoms with Crippen LogP contribution in [0.4, 0.5) is 16.0 Å². The van der Waals surface area contributed by atoms with Gasteiger partial charge in [-0.3, -0.25) is 4.79 Å². The van der Waals surface area contributed by atoms with E-state index in [2.05, 4.69) is 49.1 Å². The van der Waals surface area contributed by atoms with E-state index in [1.165, 1.54) is 6.20 Å². The predicted molar refractivity (Wildman–Crippen MR) is 144 cm³/mol. The number of halogens is 2. The lowest BCUT2D eigenvalue weighted by molar-refractivity contribution is 0.0664. The molecule has 1 amide bonds. The molecule has 9 nitrogen and oxygen atoms in total. The van der Waals surface area contributed by atoms with Gasteiger partial charge in [0.1, 0.15) is 17.2 Å². The molecule has 0 radical (unpaired) electrons. The fourth-order valence-electron chi connectivity index (χ4n) is 4.89. The molecule has 198 valence electrons. The van der Waals surface area contributed by atoms with Crippen molar-refractivity contribution in [3.05, 3.63) is 53.4 Å². The normalized spacial score (nSPS) is 17.5. The maximum atomic E-state index is 14.9. The molecule has 0 saturated carbocycles. The number of likely N-dealkylation sites (N-methyl/N-ethyl adjacent to an activating group) is 1. The smallest absolute Gasteiger partial charge is 0.253 e. The molecular formula is C26H34ClFN8O. The Hall–Kier alpha value is -3.08. The van der Waals surface area contributed by atoms with Gasteiger partial charge >= 0.3 is 0 Å². The van der Waals surface area contributed by atoms with Crippen LogP contribution >= 0.6 is 12.4 Å². The number of anilines is 2. The van der Waals surface area contributed by atoms with Crippen LogP contribution in [0.5, 0.6) is 0 Å². The fraction of sp³-hybridized carbons (Fsp3) is 0.462. The lowest BCUT2D eigenvalue weighted by atomic mass is 9.92. The summed E-state index contributed by atoms with van der Waals surface area (Å²) in [4.78, 5) is 35.8. The minimum Gasteiger partial charge on any atom is -0.345 e. The van der Waals surface area contributed by atoms with Crippen molar-refractivity contribution < 1.29 is 9.18 Å². The number of piperidine rings is 1. The van der Waals surface area contributed by atoms with Gasteiger partial charge in [-0.2, -0.15) is 0 Å². The minimum atomic E-state index is -0.505. The van der Waals surface area contributed by atoms with Gasteiger partial charge in [-0.15, -0.1) is 12.4 Å². The highest BCUT2D eigenvalue weighted by Crippen LogP contribution is 2.34. The topological polar surface area (TPSA) is 93.3 Å². The lowest BCUT2D eigenvalue weighted by Gasteiger charge is -2.32. The molecule has 2 N–H and O–H groups in total. The zero-order valence-corrected chi connectivity index (χ0v) is 22.3. The number of piperazine rings is 1. The number of aryl methyl sites for hydroxylation is 1. The second kappa shape index (κ2) is 11.5. The number of benzene rings is 1. The van der Waals surface area contributed by atoms with Crippen LogP contribution in [0, 0.1) is 12.7 Å². The Balaban J connectivity index is 0.00000320. The third kappa shape index (κ3) is 6.08. The van der Waals surface area contributed by atoms with E-state index in [1.54, 1.807) is 12.1 Å². The molecule has 0 bridgehead atoms. The second-order valence-corrected chi connectivity index (χ2v) is 9.85. The van der Waals surface area contributed by atoms with E-state index in [9.17, 15) is 9.18 Å². The maximum Gasteiger partial charge on any atom is 0.253 e. The van der Waals surface area contributed by atoms with Crippen molar-refractivity contribution in [2.24, 2.45) is 0 Å². The van der Waals surface area contributed by atoms with E-state index >= 15 is 0 Å². The van der Waals surface area contributed by atoms with E-state index in [4.69, 9.17) is 0 Å². The SMILES string of the molecule is Cc1nc(-c2nc(Nc3ccc(C(=O)N4CCN(C)CC4)cc3)ncc2F)c(C2CCN(C)CC2)[nH]1.Cl. The molecule has 0 atom stereocenters. The number of nitrogens with one attached hydrogen (secondary N) is 2. The third-order valence-corrected chi connectivity index (χ3v) is 7.12. The summed E-state index contributed by atoms with van der Waals surface area (Å²) in [5, 5.41) is 3.14. The molecule has 11 heteroatoms. The lowest BCUT2D eigenvalue weighted by Crippen LogP contribution is -2.47. The fourth-order valence-corrected chi connectivity index (χ4v) is 4.89. The number of nitrogens with zero attached hydrogens (tertiary/aromatic N) is 6. The first kappa shape index (κ1) is 27.0. The third-order valence-electron chi connectivity index (χ3n) is 7.12. The van der Waals surface area contributed by atoms with Crippen LogP contribution in [0.1, 0.15) is 40.6 Å². The number of hydrogen-bond acceptors (Lipinski definition) is 7. The zero-order chi connectivity index (χ0) is 25.2. The number of aromatic nitrogens is 4. The molecule has 4 heterocycles. The number of hydrogen-bond donors (Lipinski definition) is 2. The van der Waals surface area contributed by atoms with Gasteiger partial charge < -0.3 is 25.0 Å². The van der Waals surface area contributed by atoms with Gasteiger partial charge in [0.15, 0.2) is 5.82 Å². The van der Waals surface area contributed by atoms with E-state index in [-0.39, 0.29) is 35.9 Å². The van der Waals surface area contributed by atoms with Crippen molar-refractivity contribution in [2.45, 2.75) is 25.7 Å². The Labute approximate surface area is 222 Å². The highest BCUT2D eigenvalue weighted by atomic mass is 35.5. The quantitative estimate of drug-likeness (QED) is 0.522. The number of H-pyrrole nitrogens is 1. The molecule has 0 spiro atoms. The van der Waals surface area contributed by atoms with Crippen LogP contribution in [-0.4, -0.2) is 93.9 Å². The van der Waals surface area contributed by atoms with Crippen molar-refractivity contribution in [1.29, 1.82) is 0 Å². The molecule has 2 saturated heterocycles. The first-order valence-electron chi connectivity index (χ1n) is 12.5. The largest absolute Gasteiger partial charge is 0.345 e. The number of rotatable bonds is 5. The van der Waals surface area contributed by atoms with Crippen LogP contribution in [0.25, 0.3) is 11.4 Å². The van der Waals surface area contributed by atoms with Crippen LogP contribution < -0.4 is 5.32 Å². The number of imidazole rings is 1. The van der Waals surface area contributed by atoms with E-state index in [1.807, 2.05) is 24.0 Å². The van der Waals surface area contributed by atoms with Crippen molar-refractivity contribution in [3.63, 3.8) is 0 Å². The van der Waals surface area contributed by atoms with Gasteiger partial charge in [-0.25, -0.2) is 19.3 Å². The number of carbonyl (C=O) groups excluding carboxylic acids is 1. The molecule has 37 heavy (non-hydrogen) atoms. The predicted octanol–water partition coefficient (Wildman–Crippen LogP) is 3.68. The Bertz CT molecular complexity index is 1220. The van der Waals surface area contributed by atoms with Crippen molar-refractivity contribution in [3.8, 4) is 11.4 Å². The summed E-state index contributed by atoms with van der Waals surface area (Å²) in [5.41, 5.74) is 3.04. The van der Waals surface area contributed by atoms with Crippen LogP contribution in [0.15, 0.2) is 30.5 Å². The van der Waals surface area contributed by atoms with Gasteiger partial charge in [0.05, 0.1) is 6.20 Å². The monoisotopic (exact) mass is 528 g/mol. The van der Waals surface area contributed by atoms with Crippen LogP contribution in [0.2, 0.25) is 0 Å². The molecule has 1 aromatic carbocycles. The second-order valence-electron chi connectivity index (χ2n) is 9.85. The summed E-state index contributed by atoms with van der Waals surface area (Å²) in [6.45, 7) is 7.09. The van der Waals surface area contributed by atoms with E-state index in [0.29, 0.717) is 11.3 Å². The number of carbonyl (C=O) groups is 1. The average Bonchev–Trinajstić information content (AvgIpc) is 3.27. The molecular weight excluding hydrogens is 495 g/mol. The summed E-state index contributed by atoms with van der Waals surface area (Å²) >= 11 is 0. The molecule has 2 aliphatic rings. The van der Waals surface area contributed by atoms with Gasteiger partial charge in [-0.1, -0.05) is 0 Å². The summed E-state index contributed by atoms with van der Waals surface area (Å²) in [6.07, 6.45) is 3.16. The Morgan fingerprint density at radius 1 is 0.973 bits per heavy atom.